The number of benzene rings is 3. The zero-order valence-corrected chi connectivity index (χ0v) is 19.2. The number of hydrogen-bond acceptors (Lipinski definition) is 3. The van der Waals surface area contributed by atoms with Crippen LogP contribution in [0.2, 0.25) is 0 Å². The van der Waals surface area contributed by atoms with Crippen molar-refractivity contribution in [2.45, 2.75) is 51.7 Å². The van der Waals surface area contributed by atoms with Crippen LogP contribution < -0.4 is 10.1 Å². The highest BCUT2D eigenvalue weighted by atomic mass is 16.5. The molecule has 0 unspecified atom stereocenters. The van der Waals surface area contributed by atoms with Crippen LogP contribution in [0, 0.1) is 0 Å². The molecule has 1 aliphatic rings. The van der Waals surface area contributed by atoms with Gasteiger partial charge in [0.25, 0.3) is 5.91 Å². The van der Waals surface area contributed by atoms with Crippen LogP contribution in [-0.2, 0) is 6.42 Å². The van der Waals surface area contributed by atoms with Crippen LogP contribution in [0.25, 0.3) is 10.8 Å². The number of carbonyl (C=O) groups is 1. The Hall–Kier alpha value is -2.85. The minimum atomic E-state index is -0.0165. The fraction of sp³-hybridized carbons (Fsp3) is 0.393. The number of rotatable bonds is 8. The number of piperidine rings is 1. The highest BCUT2D eigenvalue weighted by molar-refractivity contribution is 5.98. The zero-order valence-electron chi connectivity index (χ0n) is 19.2. The highest BCUT2D eigenvalue weighted by Crippen LogP contribution is 2.25. The number of carbonyl (C=O) groups excluding carboxylic acids is 1. The molecule has 0 aliphatic carbocycles. The molecule has 4 rings (SSSR count). The van der Waals surface area contributed by atoms with Gasteiger partial charge in [-0.15, -0.1) is 0 Å². The minimum absolute atomic E-state index is 0.0165. The number of hydrogen-bond donors (Lipinski definition) is 1. The van der Waals surface area contributed by atoms with E-state index < -0.39 is 0 Å². The Morgan fingerprint density at radius 2 is 1.72 bits per heavy atom. The number of fused-ring (bicyclic) bond motifs is 1. The average Bonchev–Trinajstić information content (AvgIpc) is 2.82. The highest BCUT2D eigenvalue weighted by Gasteiger charge is 2.22. The number of aryl methyl sites for hydroxylation is 1. The summed E-state index contributed by atoms with van der Waals surface area (Å²) in [6, 6.07) is 23.0. The van der Waals surface area contributed by atoms with Gasteiger partial charge in [0.2, 0.25) is 0 Å². The lowest BCUT2D eigenvalue weighted by Crippen LogP contribution is -2.41. The van der Waals surface area contributed by atoms with E-state index in [0.29, 0.717) is 18.2 Å². The molecule has 1 amide bonds. The van der Waals surface area contributed by atoms with E-state index >= 15 is 0 Å². The molecule has 3 aromatic carbocycles. The van der Waals surface area contributed by atoms with Crippen molar-refractivity contribution in [2.24, 2.45) is 0 Å². The maximum Gasteiger partial charge on any atom is 0.251 e. The monoisotopic (exact) mass is 430 g/mol. The number of nitrogens with zero attached hydrogens (tertiary/aromatic N) is 1. The van der Waals surface area contributed by atoms with Gasteiger partial charge in [0.15, 0.2) is 0 Å². The number of likely N-dealkylation sites (tertiary alicyclic amines) is 1. The fourth-order valence-electron chi connectivity index (χ4n) is 4.38. The van der Waals surface area contributed by atoms with Gasteiger partial charge in [-0.3, -0.25) is 4.79 Å². The normalized spacial score (nSPS) is 15.2. The van der Waals surface area contributed by atoms with E-state index in [-0.39, 0.29) is 12.0 Å². The smallest absolute Gasteiger partial charge is 0.251 e. The molecule has 0 radical (unpaired) electrons. The molecule has 0 spiro atoms. The third-order valence-electron chi connectivity index (χ3n) is 6.35. The van der Waals surface area contributed by atoms with Crippen LogP contribution in [0.1, 0.15) is 49.0 Å². The van der Waals surface area contributed by atoms with E-state index in [1.807, 2.05) is 30.3 Å². The van der Waals surface area contributed by atoms with Crippen LogP contribution in [0.5, 0.6) is 5.75 Å². The molecule has 1 saturated heterocycles. The van der Waals surface area contributed by atoms with Crippen molar-refractivity contribution in [3.05, 3.63) is 77.9 Å². The van der Waals surface area contributed by atoms with Gasteiger partial charge in [-0.25, -0.2) is 0 Å². The Bertz CT molecular complexity index is 1020. The van der Waals surface area contributed by atoms with Gasteiger partial charge in [0.1, 0.15) is 11.9 Å². The Kier molecular flexibility index (Phi) is 7.43. The van der Waals surface area contributed by atoms with Crippen LogP contribution >= 0.6 is 0 Å². The quantitative estimate of drug-likeness (QED) is 0.483. The first kappa shape index (κ1) is 22.3. The molecule has 1 N–H and O–H groups in total. The number of nitrogens with one attached hydrogen (secondary N) is 1. The molecule has 4 heteroatoms. The molecule has 0 atom stereocenters. The molecule has 32 heavy (non-hydrogen) atoms. The molecular weight excluding hydrogens is 396 g/mol. The molecule has 1 heterocycles. The Balaban J connectivity index is 1.30. The van der Waals surface area contributed by atoms with Gasteiger partial charge in [-0.2, -0.15) is 0 Å². The van der Waals surface area contributed by atoms with Crippen LogP contribution in [-0.4, -0.2) is 42.6 Å². The van der Waals surface area contributed by atoms with E-state index in [0.717, 1.165) is 55.3 Å². The van der Waals surface area contributed by atoms with Crippen LogP contribution in [0.3, 0.4) is 0 Å². The van der Waals surface area contributed by atoms with Gasteiger partial charge in [-0.05, 0) is 80.1 Å². The summed E-state index contributed by atoms with van der Waals surface area (Å²) in [7, 11) is 0. The van der Waals surface area contributed by atoms with Gasteiger partial charge < -0.3 is 15.0 Å². The lowest BCUT2D eigenvalue weighted by molar-refractivity contribution is 0.0844. The predicted molar refractivity (Wildman–Crippen MR) is 131 cm³/mol. The number of ether oxygens (including phenoxy) is 1. The first-order chi connectivity index (χ1) is 15.6. The summed E-state index contributed by atoms with van der Waals surface area (Å²) in [5, 5.41) is 5.20. The maximum atomic E-state index is 12.6. The lowest BCUT2D eigenvalue weighted by atomic mass is 10.0. The minimum Gasteiger partial charge on any atom is -0.490 e. The second kappa shape index (κ2) is 10.6. The van der Waals surface area contributed by atoms with Gasteiger partial charge in [0.05, 0.1) is 0 Å². The Morgan fingerprint density at radius 1 is 1.00 bits per heavy atom. The van der Waals surface area contributed by atoms with E-state index in [9.17, 15) is 4.79 Å². The predicted octanol–water partition coefficient (Wildman–Crippen LogP) is 5.45. The first-order valence-electron chi connectivity index (χ1n) is 11.8. The van der Waals surface area contributed by atoms with E-state index in [1.165, 1.54) is 5.56 Å². The van der Waals surface area contributed by atoms with Crippen molar-refractivity contribution >= 4 is 16.7 Å². The molecule has 0 bridgehead atoms. The van der Waals surface area contributed by atoms with Crippen molar-refractivity contribution in [3.8, 4) is 5.75 Å². The summed E-state index contributed by atoms with van der Waals surface area (Å²) in [5.41, 5.74) is 2.00. The largest absolute Gasteiger partial charge is 0.490 e. The van der Waals surface area contributed by atoms with Gasteiger partial charge in [0, 0.05) is 31.2 Å². The van der Waals surface area contributed by atoms with E-state index in [1.54, 1.807) is 0 Å². The molecule has 3 aromatic rings. The Labute approximate surface area is 191 Å². The summed E-state index contributed by atoms with van der Waals surface area (Å²) < 4.78 is 6.27. The number of amides is 1. The molecule has 1 fully saturated rings. The Morgan fingerprint density at radius 3 is 2.47 bits per heavy atom. The van der Waals surface area contributed by atoms with Gasteiger partial charge in [-0.1, -0.05) is 42.5 Å². The topological polar surface area (TPSA) is 41.6 Å². The summed E-state index contributed by atoms with van der Waals surface area (Å²) in [5.74, 6) is 0.899. The van der Waals surface area contributed by atoms with Crippen LogP contribution in [0.4, 0.5) is 0 Å². The second-order valence-electron chi connectivity index (χ2n) is 9.02. The van der Waals surface area contributed by atoms with Gasteiger partial charge >= 0.3 is 0 Å². The van der Waals surface area contributed by atoms with Crippen LogP contribution in [0.15, 0.2) is 66.7 Å². The van der Waals surface area contributed by atoms with Crippen molar-refractivity contribution in [2.75, 3.05) is 19.6 Å². The molecule has 1 aliphatic heterocycles. The third-order valence-corrected chi connectivity index (χ3v) is 6.35. The maximum absolute atomic E-state index is 12.6. The second-order valence-corrected chi connectivity index (χ2v) is 9.02. The SMILES string of the molecule is CC(C)N1CCC(Oc2ccc3cc(C(=O)NCCCc4ccccc4)ccc3c2)CC1. The summed E-state index contributed by atoms with van der Waals surface area (Å²) in [6.07, 6.45) is 4.32. The van der Waals surface area contributed by atoms with E-state index in [2.05, 4.69) is 60.5 Å². The first-order valence-corrected chi connectivity index (χ1v) is 11.8. The molecule has 0 aromatic heterocycles. The van der Waals surface area contributed by atoms with E-state index in [4.69, 9.17) is 4.74 Å². The summed E-state index contributed by atoms with van der Waals surface area (Å²) >= 11 is 0. The lowest BCUT2D eigenvalue weighted by Gasteiger charge is -2.34. The average molecular weight is 431 g/mol. The zero-order chi connectivity index (χ0) is 22.3. The molecular formula is C28H34N2O2. The van der Waals surface area contributed by atoms with Crippen molar-refractivity contribution in [3.63, 3.8) is 0 Å². The fourth-order valence-corrected chi connectivity index (χ4v) is 4.38. The van der Waals surface area contributed by atoms with Crippen molar-refractivity contribution in [1.82, 2.24) is 10.2 Å². The molecule has 4 nitrogen and oxygen atoms in total. The third kappa shape index (κ3) is 5.89. The van der Waals surface area contributed by atoms with Crippen molar-refractivity contribution in [1.29, 1.82) is 0 Å². The molecule has 0 saturated carbocycles. The molecule has 168 valence electrons. The summed E-state index contributed by atoms with van der Waals surface area (Å²) in [4.78, 5) is 15.1. The van der Waals surface area contributed by atoms with Crippen molar-refractivity contribution < 1.29 is 9.53 Å². The standard InChI is InChI=1S/C28H34N2O2/c1-21(2)30-17-14-26(15-18-30)32-27-13-12-23-19-25(11-10-24(23)20-27)28(31)29-16-6-9-22-7-4-3-5-8-22/h3-5,7-8,10-13,19-21,26H,6,9,14-18H2,1-2H3,(H,29,31). The summed E-state index contributed by atoms with van der Waals surface area (Å²) in [6.45, 7) is 7.38.